The second-order valence-electron chi connectivity index (χ2n) is 10.6. The highest BCUT2D eigenvalue weighted by Crippen LogP contribution is 2.20. The molecule has 3 aromatic carbocycles. The van der Waals surface area contributed by atoms with Crippen LogP contribution in [-0.4, -0.2) is 28.3 Å². The Kier molecular flexibility index (Phi) is 8.50. The molecule has 0 heterocycles. The maximum absolute atomic E-state index is 13.9. The molecule has 1 atom stereocenters. The molecular formula is C31H38N2O2. The van der Waals surface area contributed by atoms with Crippen LogP contribution in [0.15, 0.2) is 72.8 Å². The summed E-state index contributed by atoms with van der Waals surface area (Å²) in [6.07, 6.45) is 0.704. The molecule has 0 fully saturated rings. The van der Waals surface area contributed by atoms with Crippen molar-refractivity contribution in [2.75, 3.05) is 0 Å². The number of carbonyl (C=O) groups excluding carboxylic acids is 2. The van der Waals surface area contributed by atoms with Gasteiger partial charge in [-0.3, -0.25) is 9.59 Å². The molecule has 0 aromatic heterocycles. The van der Waals surface area contributed by atoms with Crippen molar-refractivity contribution >= 4 is 11.8 Å². The van der Waals surface area contributed by atoms with E-state index in [0.717, 1.165) is 33.4 Å². The number of benzene rings is 3. The van der Waals surface area contributed by atoms with Crippen LogP contribution in [0.4, 0.5) is 0 Å². The monoisotopic (exact) mass is 470 g/mol. The Bertz CT molecular complexity index is 1140. The first kappa shape index (κ1) is 26.2. The number of nitrogens with one attached hydrogen (secondary N) is 1. The Morgan fingerprint density at radius 2 is 1.43 bits per heavy atom. The van der Waals surface area contributed by atoms with Gasteiger partial charge < -0.3 is 10.2 Å². The highest BCUT2D eigenvalue weighted by molar-refractivity contribution is 5.89. The van der Waals surface area contributed by atoms with Gasteiger partial charge >= 0.3 is 0 Å². The number of rotatable bonds is 8. The van der Waals surface area contributed by atoms with E-state index in [1.54, 1.807) is 4.90 Å². The fraction of sp³-hybridized carbons (Fsp3) is 0.355. The summed E-state index contributed by atoms with van der Waals surface area (Å²) in [6.45, 7) is 12.4. The van der Waals surface area contributed by atoms with Gasteiger partial charge in [0.25, 0.3) is 0 Å². The van der Waals surface area contributed by atoms with Crippen LogP contribution in [0.2, 0.25) is 0 Å². The van der Waals surface area contributed by atoms with Gasteiger partial charge in [-0.25, -0.2) is 0 Å². The second kappa shape index (κ2) is 11.4. The predicted molar refractivity (Wildman–Crippen MR) is 143 cm³/mol. The van der Waals surface area contributed by atoms with Gasteiger partial charge in [0.05, 0.1) is 6.42 Å². The molecular weight excluding hydrogens is 432 g/mol. The van der Waals surface area contributed by atoms with Gasteiger partial charge in [-0.05, 0) is 63.8 Å². The van der Waals surface area contributed by atoms with Crippen LogP contribution in [0.1, 0.15) is 54.2 Å². The van der Waals surface area contributed by atoms with Gasteiger partial charge in [-0.2, -0.15) is 0 Å². The van der Waals surface area contributed by atoms with E-state index in [1.807, 2.05) is 96.1 Å². The lowest BCUT2D eigenvalue weighted by Gasteiger charge is -2.34. The maximum atomic E-state index is 13.9. The van der Waals surface area contributed by atoms with Gasteiger partial charge in [0.2, 0.25) is 11.8 Å². The number of nitrogens with zero attached hydrogens (tertiary/aromatic N) is 1. The molecule has 0 saturated heterocycles. The molecule has 0 aliphatic heterocycles. The summed E-state index contributed by atoms with van der Waals surface area (Å²) < 4.78 is 0. The van der Waals surface area contributed by atoms with Gasteiger partial charge in [0.1, 0.15) is 6.04 Å². The number of hydrogen-bond donors (Lipinski definition) is 1. The zero-order valence-electron chi connectivity index (χ0n) is 21.9. The van der Waals surface area contributed by atoms with Gasteiger partial charge in [0, 0.05) is 18.5 Å². The molecule has 0 unspecified atom stereocenters. The minimum atomic E-state index is -0.630. The molecule has 3 aromatic rings. The average Bonchev–Trinajstić information content (AvgIpc) is 2.76. The summed E-state index contributed by atoms with van der Waals surface area (Å²) in [5.41, 5.74) is 5.99. The number of hydrogen-bond acceptors (Lipinski definition) is 2. The summed E-state index contributed by atoms with van der Waals surface area (Å²) in [7, 11) is 0. The van der Waals surface area contributed by atoms with Crippen LogP contribution in [0.3, 0.4) is 0 Å². The molecule has 0 aliphatic carbocycles. The van der Waals surface area contributed by atoms with Crippen molar-refractivity contribution in [3.8, 4) is 0 Å². The maximum Gasteiger partial charge on any atom is 0.243 e. The lowest BCUT2D eigenvalue weighted by molar-refractivity contribution is -0.141. The largest absolute Gasteiger partial charge is 0.350 e. The fourth-order valence-electron chi connectivity index (χ4n) is 4.43. The SMILES string of the molecule is Cc1cc(C)cc(CC(=O)N(Cc2ccccc2C)[C@H](Cc2ccccc2)C(=O)NC(C)(C)C)c1. The lowest BCUT2D eigenvalue weighted by Crippen LogP contribution is -2.54. The summed E-state index contributed by atoms with van der Waals surface area (Å²) >= 11 is 0. The molecule has 4 nitrogen and oxygen atoms in total. The van der Waals surface area contributed by atoms with E-state index in [0.29, 0.717) is 13.0 Å². The normalized spacial score (nSPS) is 12.2. The average molecular weight is 471 g/mol. The van der Waals surface area contributed by atoms with Crippen LogP contribution in [0, 0.1) is 20.8 Å². The van der Waals surface area contributed by atoms with Crippen molar-refractivity contribution < 1.29 is 9.59 Å². The van der Waals surface area contributed by atoms with E-state index in [1.165, 1.54) is 0 Å². The third kappa shape index (κ3) is 7.81. The standard InChI is InChI=1S/C31H38N2O2/c1-22-16-23(2)18-26(17-22)20-29(34)33(21-27-15-11-10-12-24(27)3)28(30(35)32-31(4,5)6)19-25-13-8-7-9-14-25/h7-18,28H,19-21H2,1-6H3,(H,32,35)/t28-/m1/s1. The third-order valence-corrected chi connectivity index (χ3v) is 6.01. The minimum Gasteiger partial charge on any atom is -0.350 e. The second-order valence-corrected chi connectivity index (χ2v) is 10.6. The predicted octanol–water partition coefficient (Wildman–Crippen LogP) is 5.71. The van der Waals surface area contributed by atoms with Gasteiger partial charge in [0.15, 0.2) is 0 Å². The fourth-order valence-corrected chi connectivity index (χ4v) is 4.43. The van der Waals surface area contributed by atoms with E-state index in [-0.39, 0.29) is 18.2 Å². The number of amides is 2. The van der Waals surface area contributed by atoms with Gasteiger partial charge in [-0.1, -0.05) is 83.9 Å². The summed E-state index contributed by atoms with van der Waals surface area (Å²) in [4.78, 5) is 29.3. The van der Waals surface area contributed by atoms with E-state index in [4.69, 9.17) is 0 Å². The molecule has 0 bridgehead atoms. The quantitative estimate of drug-likeness (QED) is 0.458. The summed E-state index contributed by atoms with van der Waals surface area (Å²) in [5.74, 6) is -0.188. The first-order valence-electron chi connectivity index (χ1n) is 12.3. The third-order valence-electron chi connectivity index (χ3n) is 6.01. The van der Waals surface area contributed by atoms with Crippen LogP contribution in [0.25, 0.3) is 0 Å². The van der Waals surface area contributed by atoms with Crippen molar-refractivity contribution in [2.45, 2.75) is 72.5 Å². The molecule has 184 valence electrons. The first-order chi connectivity index (χ1) is 16.5. The molecule has 1 N–H and O–H groups in total. The molecule has 2 amide bonds. The Morgan fingerprint density at radius 1 is 0.829 bits per heavy atom. The van der Waals surface area contributed by atoms with Crippen LogP contribution in [0.5, 0.6) is 0 Å². The Morgan fingerprint density at radius 3 is 2.03 bits per heavy atom. The Hall–Kier alpha value is -3.40. The topological polar surface area (TPSA) is 49.4 Å². The Balaban J connectivity index is 2.02. The highest BCUT2D eigenvalue weighted by Gasteiger charge is 2.32. The van der Waals surface area contributed by atoms with Crippen molar-refractivity contribution in [1.82, 2.24) is 10.2 Å². The molecule has 35 heavy (non-hydrogen) atoms. The smallest absolute Gasteiger partial charge is 0.243 e. The lowest BCUT2D eigenvalue weighted by atomic mass is 9.98. The molecule has 0 radical (unpaired) electrons. The zero-order valence-corrected chi connectivity index (χ0v) is 21.9. The van der Waals surface area contributed by atoms with E-state index >= 15 is 0 Å². The molecule has 0 aliphatic rings. The van der Waals surface area contributed by atoms with Crippen molar-refractivity contribution in [1.29, 1.82) is 0 Å². The first-order valence-corrected chi connectivity index (χ1v) is 12.3. The minimum absolute atomic E-state index is 0.0526. The molecule has 0 saturated carbocycles. The Labute approximate surface area is 210 Å². The zero-order chi connectivity index (χ0) is 25.6. The molecule has 0 spiro atoms. The van der Waals surface area contributed by atoms with E-state index in [9.17, 15) is 9.59 Å². The van der Waals surface area contributed by atoms with Crippen molar-refractivity contribution in [2.24, 2.45) is 0 Å². The van der Waals surface area contributed by atoms with Crippen molar-refractivity contribution in [3.05, 3.63) is 106 Å². The van der Waals surface area contributed by atoms with Gasteiger partial charge in [-0.15, -0.1) is 0 Å². The summed E-state index contributed by atoms with van der Waals surface area (Å²) in [6, 6.07) is 23.6. The van der Waals surface area contributed by atoms with Crippen molar-refractivity contribution in [3.63, 3.8) is 0 Å². The van der Waals surface area contributed by atoms with Crippen LogP contribution < -0.4 is 5.32 Å². The van der Waals surface area contributed by atoms with E-state index in [2.05, 4.69) is 23.5 Å². The van der Waals surface area contributed by atoms with Crippen LogP contribution in [-0.2, 0) is 29.0 Å². The number of aryl methyl sites for hydroxylation is 3. The number of carbonyl (C=O) groups is 2. The summed E-state index contributed by atoms with van der Waals surface area (Å²) in [5, 5.41) is 3.12. The van der Waals surface area contributed by atoms with E-state index < -0.39 is 11.6 Å². The highest BCUT2D eigenvalue weighted by atomic mass is 16.2. The molecule has 3 rings (SSSR count). The van der Waals surface area contributed by atoms with Crippen LogP contribution >= 0.6 is 0 Å². The molecule has 4 heteroatoms.